The second-order valence-electron chi connectivity index (χ2n) is 5.87. The molecular weight excluding hydrogens is 476 g/mol. The Morgan fingerprint density at radius 2 is 1.93 bits per heavy atom. The van der Waals surface area contributed by atoms with Crippen molar-refractivity contribution in [2.24, 2.45) is 0 Å². The van der Waals surface area contributed by atoms with Gasteiger partial charge in [-0.2, -0.15) is 0 Å². The maximum Gasteiger partial charge on any atom is 0.327 e. The first kappa shape index (κ1) is 22.1. The highest BCUT2D eigenvalue weighted by molar-refractivity contribution is 9.10. The molecule has 0 atom stereocenters. The Kier molecular flexibility index (Phi) is 7.02. The summed E-state index contributed by atoms with van der Waals surface area (Å²) < 4.78 is 32.9. The molecule has 0 aliphatic rings. The number of ether oxygens (including phenoxy) is 1. The first-order valence-corrected chi connectivity index (χ1v) is 10.6. The number of hydrogen-bond donors (Lipinski definition) is 0. The molecule has 0 saturated heterocycles. The first-order chi connectivity index (χ1) is 13.0. The van der Waals surface area contributed by atoms with Gasteiger partial charge in [-0.1, -0.05) is 39.7 Å². The van der Waals surface area contributed by atoms with E-state index in [1.165, 1.54) is 30.3 Å². The van der Waals surface area contributed by atoms with E-state index in [4.69, 9.17) is 16.3 Å². The van der Waals surface area contributed by atoms with Gasteiger partial charge in [0.25, 0.3) is 15.7 Å². The number of hydrogen-bond acceptors (Lipinski definition) is 6. The van der Waals surface area contributed by atoms with Gasteiger partial charge in [-0.3, -0.25) is 19.2 Å². The van der Waals surface area contributed by atoms with Crippen LogP contribution in [0.3, 0.4) is 0 Å². The van der Waals surface area contributed by atoms with Crippen LogP contribution in [0.1, 0.15) is 13.8 Å². The number of nitrogens with zero attached hydrogens (tertiary/aromatic N) is 2. The van der Waals surface area contributed by atoms with Crippen LogP contribution in [0.25, 0.3) is 0 Å². The van der Waals surface area contributed by atoms with E-state index in [1.807, 2.05) is 0 Å². The molecule has 0 aliphatic heterocycles. The molecule has 11 heteroatoms. The summed E-state index contributed by atoms with van der Waals surface area (Å²) >= 11 is 9.41. The zero-order valence-corrected chi connectivity index (χ0v) is 18.0. The number of sulfonamides is 1. The Morgan fingerprint density at radius 3 is 2.50 bits per heavy atom. The van der Waals surface area contributed by atoms with Crippen LogP contribution in [-0.4, -0.2) is 32.0 Å². The maximum atomic E-state index is 13.3. The smallest absolute Gasteiger partial charge is 0.327 e. The minimum absolute atomic E-state index is 0.0104. The second-order valence-corrected chi connectivity index (χ2v) is 9.02. The van der Waals surface area contributed by atoms with Gasteiger partial charge in [-0.15, -0.1) is 0 Å². The van der Waals surface area contributed by atoms with Gasteiger partial charge in [-0.05, 0) is 38.1 Å². The molecule has 0 bridgehead atoms. The van der Waals surface area contributed by atoms with Crippen LogP contribution in [0.5, 0.6) is 0 Å². The molecule has 2 rings (SSSR count). The van der Waals surface area contributed by atoms with Crippen LogP contribution in [0.2, 0.25) is 5.02 Å². The summed E-state index contributed by atoms with van der Waals surface area (Å²) in [6.07, 6.45) is -0.469. The minimum atomic E-state index is -4.50. The van der Waals surface area contributed by atoms with Gasteiger partial charge in [0, 0.05) is 10.5 Å². The Balaban J connectivity index is 2.64. The minimum Gasteiger partial charge on any atom is -0.462 e. The highest BCUT2D eigenvalue weighted by atomic mass is 79.9. The molecule has 8 nitrogen and oxygen atoms in total. The van der Waals surface area contributed by atoms with Crippen molar-refractivity contribution in [3.05, 3.63) is 62.1 Å². The van der Waals surface area contributed by atoms with Crippen molar-refractivity contribution in [2.45, 2.75) is 24.8 Å². The van der Waals surface area contributed by atoms with E-state index in [2.05, 4.69) is 15.9 Å². The molecule has 0 heterocycles. The van der Waals surface area contributed by atoms with Crippen LogP contribution >= 0.6 is 27.5 Å². The summed E-state index contributed by atoms with van der Waals surface area (Å²) in [5.74, 6) is -0.823. The summed E-state index contributed by atoms with van der Waals surface area (Å²) in [4.78, 5) is 22.1. The molecule has 0 fully saturated rings. The van der Waals surface area contributed by atoms with E-state index in [1.54, 1.807) is 13.8 Å². The lowest BCUT2D eigenvalue weighted by molar-refractivity contribution is -0.387. The zero-order valence-electron chi connectivity index (χ0n) is 14.8. The third-order valence-corrected chi connectivity index (χ3v) is 6.05. The summed E-state index contributed by atoms with van der Waals surface area (Å²) in [6, 6.07) is 9.25. The fourth-order valence-electron chi connectivity index (χ4n) is 2.35. The third-order valence-electron chi connectivity index (χ3n) is 3.45. The van der Waals surface area contributed by atoms with Gasteiger partial charge in [0.1, 0.15) is 6.54 Å². The van der Waals surface area contributed by atoms with Gasteiger partial charge in [0.05, 0.1) is 21.7 Å². The third kappa shape index (κ3) is 5.00. The predicted molar refractivity (Wildman–Crippen MR) is 108 cm³/mol. The number of nitro groups is 1. The van der Waals surface area contributed by atoms with Crippen molar-refractivity contribution in [2.75, 3.05) is 10.8 Å². The predicted octanol–water partition coefficient (Wildman–Crippen LogP) is 4.16. The first-order valence-electron chi connectivity index (χ1n) is 7.94. The molecule has 0 aliphatic carbocycles. The number of esters is 1. The lowest BCUT2D eigenvalue weighted by atomic mass is 10.3. The van der Waals surface area contributed by atoms with Crippen molar-refractivity contribution in [1.29, 1.82) is 0 Å². The Hall–Kier alpha value is -2.17. The largest absolute Gasteiger partial charge is 0.462 e. The van der Waals surface area contributed by atoms with E-state index >= 15 is 0 Å². The van der Waals surface area contributed by atoms with E-state index in [-0.39, 0.29) is 10.7 Å². The molecule has 2 aromatic rings. The van der Waals surface area contributed by atoms with E-state index < -0.39 is 44.1 Å². The highest BCUT2D eigenvalue weighted by Gasteiger charge is 2.34. The summed E-state index contributed by atoms with van der Waals surface area (Å²) in [6.45, 7) is 2.53. The number of nitro benzene ring substituents is 1. The van der Waals surface area contributed by atoms with Gasteiger partial charge in [0.2, 0.25) is 0 Å². The molecule has 28 heavy (non-hydrogen) atoms. The number of anilines is 1. The maximum absolute atomic E-state index is 13.3. The van der Waals surface area contributed by atoms with Gasteiger partial charge in [-0.25, -0.2) is 8.42 Å². The molecule has 0 aromatic heterocycles. The van der Waals surface area contributed by atoms with Crippen molar-refractivity contribution in [1.82, 2.24) is 0 Å². The molecule has 150 valence electrons. The lowest BCUT2D eigenvalue weighted by Gasteiger charge is -2.25. The standard InChI is InChI=1S/C17H16BrClN2O6S/c1-11(2)27-17(22)10-20(14-8-7-12(18)9-13(14)19)28(25,26)16-6-4-3-5-15(16)21(23)24/h3-9,11H,10H2,1-2H3. The number of halogens is 2. The van der Waals surface area contributed by atoms with Crippen LogP contribution in [0.4, 0.5) is 11.4 Å². The van der Waals surface area contributed by atoms with Gasteiger partial charge >= 0.3 is 5.97 Å². The van der Waals surface area contributed by atoms with Crippen molar-refractivity contribution in [3.63, 3.8) is 0 Å². The van der Waals surface area contributed by atoms with Gasteiger partial charge < -0.3 is 4.74 Å². The van der Waals surface area contributed by atoms with Crippen LogP contribution in [-0.2, 0) is 19.6 Å². The Morgan fingerprint density at radius 1 is 1.29 bits per heavy atom. The molecule has 2 aromatic carbocycles. The van der Waals surface area contributed by atoms with Crippen molar-refractivity contribution >= 4 is 54.9 Å². The second kappa shape index (κ2) is 8.89. The topological polar surface area (TPSA) is 107 Å². The summed E-state index contributed by atoms with van der Waals surface area (Å²) in [5.41, 5.74) is -0.623. The number of carbonyl (C=O) groups is 1. The Bertz CT molecular complexity index is 1010. The molecule has 0 spiro atoms. The highest BCUT2D eigenvalue weighted by Crippen LogP contribution is 2.35. The van der Waals surface area contributed by atoms with Crippen LogP contribution in [0, 0.1) is 10.1 Å². The van der Waals surface area contributed by atoms with Crippen LogP contribution in [0.15, 0.2) is 51.8 Å². The summed E-state index contributed by atoms with van der Waals surface area (Å²) in [5, 5.41) is 11.3. The zero-order chi connectivity index (χ0) is 21.1. The van der Waals surface area contributed by atoms with Crippen molar-refractivity contribution < 1.29 is 22.9 Å². The Labute approximate surface area is 175 Å². The molecule has 0 radical (unpaired) electrons. The molecule has 0 unspecified atom stereocenters. The lowest BCUT2D eigenvalue weighted by Crippen LogP contribution is -2.37. The van der Waals surface area contributed by atoms with E-state index in [0.29, 0.717) is 8.78 Å². The quantitative estimate of drug-likeness (QED) is 0.327. The fourth-order valence-corrected chi connectivity index (χ4v) is 4.76. The van der Waals surface area contributed by atoms with E-state index in [9.17, 15) is 23.3 Å². The molecular formula is C17H16BrClN2O6S. The monoisotopic (exact) mass is 490 g/mol. The normalized spacial score (nSPS) is 11.3. The molecule has 0 saturated carbocycles. The number of para-hydroxylation sites is 1. The van der Waals surface area contributed by atoms with Gasteiger partial charge in [0.15, 0.2) is 4.90 Å². The number of carbonyl (C=O) groups excluding carboxylic acids is 1. The number of rotatable bonds is 7. The molecule has 0 N–H and O–H groups in total. The molecule has 0 amide bonds. The fraction of sp³-hybridized carbons (Fsp3) is 0.235. The SMILES string of the molecule is CC(C)OC(=O)CN(c1ccc(Br)cc1Cl)S(=O)(=O)c1ccccc1[N+](=O)[O-]. The van der Waals surface area contributed by atoms with Crippen molar-refractivity contribution in [3.8, 4) is 0 Å². The average molecular weight is 492 g/mol. The summed E-state index contributed by atoms with van der Waals surface area (Å²) in [7, 11) is -4.50. The van der Waals surface area contributed by atoms with Crippen LogP contribution < -0.4 is 4.31 Å². The number of benzene rings is 2. The average Bonchev–Trinajstić information content (AvgIpc) is 2.59. The van der Waals surface area contributed by atoms with E-state index in [0.717, 1.165) is 12.1 Å².